The van der Waals surface area contributed by atoms with Crippen LogP contribution in [0.3, 0.4) is 0 Å². The van der Waals surface area contributed by atoms with Gasteiger partial charge in [0.25, 0.3) is 0 Å². The van der Waals surface area contributed by atoms with Crippen LogP contribution < -0.4 is 4.74 Å². The summed E-state index contributed by atoms with van der Waals surface area (Å²) >= 11 is 0. The van der Waals surface area contributed by atoms with E-state index >= 15 is 4.39 Å². The fourth-order valence-corrected chi connectivity index (χ4v) is 5.22. The van der Waals surface area contributed by atoms with Gasteiger partial charge < -0.3 is 14.4 Å². The fraction of sp³-hybridized carbons (Fsp3) is 0.176. The summed E-state index contributed by atoms with van der Waals surface area (Å²) in [6, 6.07) is 25.8. The van der Waals surface area contributed by atoms with Crippen LogP contribution >= 0.6 is 0 Å². The minimum Gasteiger partial charge on any atom is -0.485 e. The second kappa shape index (κ2) is 10.9. The van der Waals surface area contributed by atoms with Gasteiger partial charge in [0.05, 0.1) is 22.5 Å². The maximum Gasteiger partial charge on any atom is 0.335 e. The molecule has 0 spiro atoms. The van der Waals surface area contributed by atoms with E-state index in [-0.39, 0.29) is 30.2 Å². The van der Waals surface area contributed by atoms with E-state index in [4.69, 9.17) is 4.74 Å². The summed E-state index contributed by atoms with van der Waals surface area (Å²) in [6.45, 7) is 5.64. The summed E-state index contributed by atoms with van der Waals surface area (Å²) in [4.78, 5) is 11.6. The topological polar surface area (TPSA) is 75.2 Å². The Hall–Kier alpha value is -4.96. The van der Waals surface area contributed by atoms with E-state index in [0.29, 0.717) is 39.0 Å². The van der Waals surface area contributed by atoms with Crippen molar-refractivity contribution in [3.63, 3.8) is 0 Å². The lowest BCUT2D eigenvalue weighted by atomic mass is 9.81. The van der Waals surface area contributed by atoms with Gasteiger partial charge in [-0.15, -0.1) is 0 Å². The summed E-state index contributed by atoms with van der Waals surface area (Å²) in [7, 11) is 0. The van der Waals surface area contributed by atoms with Crippen LogP contribution in [0.25, 0.3) is 27.7 Å². The predicted molar refractivity (Wildman–Crippen MR) is 154 cm³/mol. The smallest absolute Gasteiger partial charge is 0.335 e. The molecule has 0 unspecified atom stereocenters. The zero-order valence-electron chi connectivity index (χ0n) is 22.9. The second-order valence-electron chi connectivity index (χ2n) is 10.6. The zero-order valence-corrected chi connectivity index (χ0v) is 22.9. The molecule has 0 saturated carbocycles. The molecule has 0 aliphatic rings. The Morgan fingerprint density at radius 2 is 1.66 bits per heavy atom. The van der Waals surface area contributed by atoms with E-state index < -0.39 is 17.2 Å². The van der Waals surface area contributed by atoms with Crippen LogP contribution in [0.2, 0.25) is 0 Å². The maximum atomic E-state index is 15.7. The number of carbonyl (C=O) groups is 1. The van der Waals surface area contributed by atoms with Crippen molar-refractivity contribution < 1.29 is 23.4 Å². The number of hydrogen-bond donors (Lipinski definition) is 1. The number of benzene rings is 4. The molecule has 1 N–H and O–H groups in total. The van der Waals surface area contributed by atoms with Gasteiger partial charge in [0, 0.05) is 28.8 Å². The van der Waals surface area contributed by atoms with Gasteiger partial charge in [-0.2, -0.15) is 5.26 Å². The van der Waals surface area contributed by atoms with Crippen molar-refractivity contribution in [3.8, 4) is 28.6 Å². The number of nitriles is 1. The highest BCUT2D eigenvalue weighted by molar-refractivity contribution is 6.04. The summed E-state index contributed by atoms with van der Waals surface area (Å²) in [6.07, 6.45) is 0.131. The Labute approximate surface area is 236 Å². The van der Waals surface area contributed by atoms with E-state index in [2.05, 4.69) is 6.07 Å². The quantitative estimate of drug-likeness (QED) is 0.211. The number of fused-ring (bicyclic) bond motifs is 1. The molecule has 5 nitrogen and oxygen atoms in total. The molecule has 7 heteroatoms. The molecule has 0 radical (unpaired) electrons. The number of carboxylic acids is 1. The first-order chi connectivity index (χ1) is 19.6. The van der Waals surface area contributed by atoms with E-state index in [1.807, 2.05) is 48.7 Å². The molecule has 0 amide bonds. The van der Waals surface area contributed by atoms with Crippen LogP contribution in [0, 0.1) is 29.9 Å². The minimum atomic E-state index is -1.07. The van der Waals surface area contributed by atoms with Crippen molar-refractivity contribution in [2.24, 2.45) is 0 Å². The molecular formula is C34H28F2N2O3. The number of aryl methyl sites for hydroxylation is 1. The molecule has 41 heavy (non-hydrogen) atoms. The third kappa shape index (κ3) is 5.17. The molecule has 0 fully saturated rings. The molecule has 0 saturated heterocycles. The highest BCUT2D eigenvalue weighted by Crippen LogP contribution is 2.48. The summed E-state index contributed by atoms with van der Waals surface area (Å²) in [5, 5.41) is 19.8. The van der Waals surface area contributed by atoms with Crippen molar-refractivity contribution >= 4 is 16.9 Å². The molecule has 206 valence electrons. The first-order valence-corrected chi connectivity index (χ1v) is 13.1. The highest BCUT2D eigenvalue weighted by atomic mass is 19.1. The van der Waals surface area contributed by atoms with Gasteiger partial charge in [0.2, 0.25) is 0 Å². The number of ether oxygens (including phenoxy) is 1. The summed E-state index contributed by atoms with van der Waals surface area (Å²) < 4.78 is 38.1. The first-order valence-electron chi connectivity index (χ1n) is 13.1. The monoisotopic (exact) mass is 550 g/mol. The highest BCUT2D eigenvalue weighted by Gasteiger charge is 2.34. The van der Waals surface area contributed by atoms with Crippen LogP contribution in [0.15, 0.2) is 84.9 Å². The minimum absolute atomic E-state index is 0.0373. The van der Waals surface area contributed by atoms with E-state index in [0.717, 1.165) is 5.56 Å². The molecule has 5 aromatic rings. The predicted octanol–water partition coefficient (Wildman–Crippen LogP) is 8.35. The second-order valence-corrected chi connectivity index (χ2v) is 10.6. The first kappa shape index (κ1) is 27.6. The molecule has 1 heterocycles. The molecular weight excluding hydrogens is 522 g/mol. The Morgan fingerprint density at radius 3 is 2.29 bits per heavy atom. The molecule has 0 bridgehead atoms. The Balaban J connectivity index is 1.90. The molecule has 0 aliphatic carbocycles. The van der Waals surface area contributed by atoms with Gasteiger partial charge in [-0.05, 0) is 66.1 Å². The molecule has 0 atom stereocenters. The summed E-state index contributed by atoms with van der Waals surface area (Å²) in [5.41, 5.74) is 3.83. The number of carboxylic acid groups (broad SMARTS) is 1. The van der Waals surface area contributed by atoms with Gasteiger partial charge in [-0.3, -0.25) is 0 Å². The number of nitrogens with zero attached hydrogens (tertiary/aromatic N) is 2. The molecule has 4 aromatic carbocycles. The Bertz CT molecular complexity index is 1800. The lowest BCUT2D eigenvalue weighted by Gasteiger charge is -2.27. The molecule has 5 rings (SSSR count). The van der Waals surface area contributed by atoms with Crippen LogP contribution in [-0.2, 0) is 12.0 Å². The van der Waals surface area contributed by atoms with Crippen molar-refractivity contribution in [3.05, 3.63) is 119 Å². The normalized spacial score (nSPS) is 11.4. The van der Waals surface area contributed by atoms with Crippen molar-refractivity contribution in [2.45, 2.75) is 39.2 Å². The van der Waals surface area contributed by atoms with Crippen molar-refractivity contribution in [1.82, 2.24) is 4.57 Å². The van der Waals surface area contributed by atoms with Crippen molar-refractivity contribution in [1.29, 1.82) is 5.26 Å². The van der Waals surface area contributed by atoms with Gasteiger partial charge in [0.15, 0.2) is 11.6 Å². The summed E-state index contributed by atoms with van der Waals surface area (Å²) in [5.74, 6) is -1.95. The average Bonchev–Trinajstić information content (AvgIpc) is 3.31. The zero-order chi connectivity index (χ0) is 29.3. The number of aromatic nitrogens is 1. The Morgan fingerprint density at radius 1 is 0.976 bits per heavy atom. The molecule has 1 aromatic heterocycles. The SMILES string of the molecule is Cc1cc(-n2c(C(C)(C)CC#N)c(-c3ccc(C(=O)O)cc3)c3c(OCc4ccccc4)c(F)ccc32)ccc1F. The average molecular weight is 551 g/mol. The number of aromatic carboxylic acids is 1. The van der Waals surface area contributed by atoms with Gasteiger partial charge in [0.1, 0.15) is 12.4 Å². The van der Waals surface area contributed by atoms with Crippen LogP contribution in [0.5, 0.6) is 5.75 Å². The van der Waals surface area contributed by atoms with E-state index in [1.54, 1.807) is 37.3 Å². The Kier molecular flexibility index (Phi) is 7.34. The standard InChI is InChI=1S/C34H28F2N2O3/c1-21-19-25(13-14-26(21)35)38-28-16-15-27(36)31(41-20-22-7-5-4-6-8-22)30(28)29(32(38)34(2,3)17-18-37)23-9-11-24(12-10-23)33(39)40/h4-16,19H,17,20H2,1-3H3,(H,39,40). The van der Waals surface area contributed by atoms with Crippen LogP contribution in [0.4, 0.5) is 8.78 Å². The lowest BCUT2D eigenvalue weighted by molar-refractivity contribution is 0.0697. The van der Waals surface area contributed by atoms with Crippen LogP contribution in [0.1, 0.15) is 47.4 Å². The van der Waals surface area contributed by atoms with E-state index in [9.17, 15) is 19.6 Å². The molecule has 0 aliphatic heterocycles. The number of halogens is 2. The van der Waals surface area contributed by atoms with E-state index in [1.165, 1.54) is 24.3 Å². The third-order valence-electron chi connectivity index (χ3n) is 7.25. The number of hydrogen-bond acceptors (Lipinski definition) is 3. The van der Waals surface area contributed by atoms with Crippen molar-refractivity contribution in [2.75, 3.05) is 0 Å². The number of rotatable bonds is 8. The fourth-order valence-electron chi connectivity index (χ4n) is 5.22. The van der Waals surface area contributed by atoms with Gasteiger partial charge in [-0.25, -0.2) is 13.6 Å². The third-order valence-corrected chi connectivity index (χ3v) is 7.25. The van der Waals surface area contributed by atoms with Gasteiger partial charge >= 0.3 is 5.97 Å². The van der Waals surface area contributed by atoms with Crippen LogP contribution in [-0.4, -0.2) is 15.6 Å². The largest absolute Gasteiger partial charge is 0.485 e. The maximum absolute atomic E-state index is 15.7. The lowest BCUT2D eigenvalue weighted by Crippen LogP contribution is -2.22. The van der Waals surface area contributed by atoms with Gasteiger partial charge in [-0.1, -0.05) is 56.3 Å².